The summed E-state index contributed by atoms with van der Waals surface area (Å²) in [5.41, 5.74) is 5.62. The molecule has 31 heavy (non-hydrogen) atoms. The average Bonchev–Trinajstić information content (AvgIpc) is 3.34. The Hall–Kier alpha value is -2.69. The third-order valence-electron chi connectivity index (χ3n) is 6.69. The van der Waals surface area contributed by atoms with Crippen molar-refractivity contribution >= 4 is 44.9 Å². The van der Waals surface area contributed by atoms with E-state index in [-0.39, 0.29) is 0 Å². The number of rotatable bonds is 5. The first-order valence-corrected chi connectivity index (χ1v) is 12.0. The van der Waals surface area contributed by atoms with Crippen LogP contribution in [-0.4, -0.2) is 35.6 Å². The van der Waals surface area contributed by atoms with Crippen molar-refractivity contribution in [2.45, 2.75) is 17.7 Å². The average molecular weight is 426 g/mol. The summed E-state index contributed by atoms with van der Waals surface area (Å²) < 4.78 is 4.74. The highest BCUT2D eigenvalue weighted by Crippen LogP contribution is 2.45. The highest BCUT2D eigenvalue weighted by molar-refractivity contribution is 8.01. The summed E-state index contributed by atoms with van der Waals surface area (Å²) in [5, 5.41) is 4.16. The quantitative estimate of drug-likeness (QED) is 0.346. The molecule has 0 unspecified atom stereocenters. The van der Waals surface area contributed by atoms with E-state index >= 15 is 0 Å². The minimum absolute atomic E-state index is 1.06. The molecule has 0 amide bonds. The second-order valence-electron chi connectivity index (χ2n) is 8.63. The van der Waals surface area contributed by atoms with Gasteiger partial charge in [-0.2, -0.15) is 0 Å². The highest BCUT2D eigenvalue weighted by atomic mass is 32.2. The topological polar surface area (TPSA) is 11.4 Å². The summed E-state index contributed by atoms with van der Waals surface area (Å²) in [6.07, 6.45) is 7.08. The van der Waals surface area contributed by atoms with Crippen molar-refractivity contribution in [2.75, 3.05) is 30.5 Å². The fraction of sp³-hybridized carbons (Fsp3) is 0.259. The molecule has 2 aliphatic heterocycles. The molecule has 0 N–H and O–H groups in total. The molecule has 0 saturated carbocycles. The van der Waals surface area contributed by atoms with Crippen LogP contribution in [0.5, 0.6) is 0 Å². The number of aromatic nitrogens is 1. The van der Waals surface area contributed by atoms with Crippen LogP contribution in [-0.2, 0) is 7.05 Å². The number of aryl methyl sites for hydroxylation is 1. The van der Waals surface area contributed by atoms with Crippen LogP contribution >= 0.6 is 11.9 Å². The summed E-state index contributed by atoms with van der Waals surface area (Å²) in [6, 6.07) is 22.1. The molecular weight excluding hydrogens is 398 g/mol. The monoisotopic (exact) mass is 425 g/mol. The van der Waals surface area contributed by atoms with Crippen LogP contribution in [0.15, 0.2) is 77.8 Å². The molecule has 0 radical (unpaired) electrons. The zero-order chi connectivity index (χ0) is 20.8. The number of para-hydroxylation sites is 1. The molecule has 6 rings (SSSR count). The van der Waals surface area contributed by atoms with Crippen molar-refractivity contribution in [3.63, 3.8) is 0 Å². The molecule has 4 heteroatoms. The molecule has 0 spiro atoms. The van der Waals surface area contributed by atoms with Crippen molar-refractivity contribution in [1.82, 2.24) is 9.47 Å². The summed E-state index contributed by atoms with van der Waals surface area (Å²) >= 11 is 1.90. The van der Waals surface area contributed by atoms with E-state index in [0.29, 0.717) is 0 Å². The summed E-state index contributed by atoms with van der Waals surface area (Å²) in [4.78, 5) is 4.00. The zero-order valence-electron chi connectivity index (χ0n) is 17.9. The Morgan fingerprint density at radius 3 is 2.68 bits per heavy atom. The minimum atomic E-state index is 1.06. The summed E-state index contributed by atoms with van der Waals surface area (Å²) in [7, 11) is 2.15. The van der Waals surface area contributed by atoms with Gasteiger partial charge in [-0.25, -0.2) is 0 Å². The fourth-order valence-electron chi connectivity index (χ4n) is 5.10. The Morgan fingerprint density at radius 1 is 0.935 bits per heavy atom. The Labute approximate surface area is 188 Å². The lowest BCUT2D eigenvalue weighted by Gasteiger charge is -2.27. The molecule has 2 aliphatic rings. The first-order chi connectivity index (χ1) is 15.3. The lowest BCUT2D eigenvalue weighted by molar-refractivity contribution is 0.300. The number of hydrogen-bond donors (Lipinski definition) is 0. The largest absolute Gasteiger partial charge is 0.350 e. The van der Waals surface area contributed by atoms with Gasteiger partial charge in [0.2, 0.25) is 0 Å². The number of hydrogen-bond acceptors (Lipinski definition) is 3. The number of benzene rings is 3. The van der Waals surface area contributed by atoms with Crippen molar-refractivity contribution < 1.29 is 0 Å². The van der Waals surface area contributed by atoms with Gasteiger partial charge in [0.25, 0.3) is 0 Å². The van der Waals surface area contributed by atoms with E-state index < -0.39 is 0 Å². The van der Waals surface area contributed by atoms with E-state index in [1.807, 2.05) is 11.9 Å². The van der Waals surface area contributed by atoms with Crippen LogP contribution in [0.25, 0.3) is 27.2 Å². The predicted molar refractivity (Wildman–Crippen MR) is 134 cm³/mol. The lowest BCUT2D eigenvalue weighted by Crippen LogP contribution is -2.31. The van der Waals surface area contributed by atoms with Crippen molar-refractivity contribution in [1.29, 1.82) is 0 Å². The molecule has 0 aliphatic carbocycles. The lowest BCUT2D eigenvalue weighted by atomic mass is 9.99. The minimum Gasteiger partial charge on any atom is -0.350 e. The molecule has 1 aromatic heterocycles. The van der Waals surface area contributed by atoms with Crippen LogP contribution in [0.4, 0.5) is 5.69 Å². The van der Waals surface area contributed by atoms with Gasteiger partial charge in [-0.1, -0.05) is 48.5 Å². The van der Waals surface area contributed by atoms with Gasteiger partial charge in [-0.15, -0.1) is 0 Å². The first kappa shape index (κ1) is 19.0. The van der Waals surface area contributed by atoms with Crippen LogP contribution in [0.3, 0.4) is 0 Å². The van der Waals surface area contributed by atoms with Crippen molar-refractivity contribution in [2.24, 2.45) is 7.05 Å². The highest BCUT2D eigenvalue weighted by Gasteiger charge is 2.22. The zero-order valence-corrected chi connectivity index (χ0v) is 18.7. The normalized spacial score (nSPS) is 16.4. The maximum absolute atomic E-state index is 2.60. The second kappa shape index (κ2) is 7.77. The molecule has 3 nitrogen and oxygen atoms in total. The van der Waals surface area contributed by atoms with Gasteiger partial charge < -0.3 is 8.87 Å². The van der Waals surface area contributed by atoms with E-state index in [9.17, 15) is 0 Å². The molecular formula is C27H27N3S. The SMILES string of the molecule is Cn1cc(C2=CCN(CCCN3Sc4cccc5cccc3c45)CC2)c2ccccc21. The van der Waals surface area contributed by atoms with Crippen molar-refractivity contribution in [3.05, 3.63) is 78.5 Å². The maximum Gasteiger partial charge on any atom is 0.0563 e. The molecule has 156 valence electrons. The Kier molecular flexibility index (Phi) is 4.77. The van der Waals surface area contributed by atoms with E-state index in [0.717, 1.165) is 32.6 Å². The molecule has 0 fully saturated rings. The second-order valence-corrected chi connectivity index (χ2v) is 9.69. The summed E-state index contributed by atoms with van der Waals surface area (Å²) in [6.45, 7) is 4.46. The van der Waals surface area contributed by atoms with Crippen LogP contribution < -0.4 is 4.31 Å². The van der Waals surface area contributed by atoms with Crippen molar-refractivity contribution in [3.8, 4) is 0 Å². The van der Waals surface area contributed by atoms with Crippen LogP contribution in [0, 0.1) is 0 Å². The van der Waals surface area contributed by atoms with Gasteiger partial charge in [0.15, 0.2) is 0 Å². The van der Waals surface area contributed by atoms with Gasteiger partial charge in [0.1, 0.15) is 0 Å². The predicted octanol–water partition coefficient (Wildman–Crippen LogP) is 6.34. The fourth-order valence-corrected chi connectivity index (χ4v) is 6.26. The molecule has 0 bridgehead atoms. The Balaban J connectivity index is 1.09. The molecule has 3 aromatic carbocycles. The standard InChI is InChI=1S/C27H27N3S/c1-28-19-23(22-9-2-3-10-24(22)28)20-13-17-29(18-14-20)15-6-16-30-25-11-4-7-21-8-5-12-26(31-30)27(21)25/h2-5,7-13,19H,6,14-18H2,1H3. The van der Waals surface area contributed by atoms with E-state index in [1.165, 1.54) is 49.8 Å². The van der Waals surface area contributed by atoms with Gasteiger partial charge in [0.05, 0.1) is 5.69 Å². The Bertz CT molecular complexity index is 1300. The molecule has 0 saturated heterocycles. The summed E-state index contributed by atoms with van der Waals surface area (Å²) in [5.74, 6) is 0. The van der Waals surface area contributed by atoms with E-state index in [4.69, 9.17) is 0 Å². The molecule has 4 aromatic rings. The van der Waals surface area contributed by atoms with Crippen LogP contribution in [0.2, 0.25) is 0 Å². The third kappa shape index (κ3) is 3.35. The van der Waals surface area contributed by atoms with Gasteiger partial charge in [0, 0.05) is 66.2 Å². The van der Waals surface area contributed by atoms with Crippen LogP contribution in [0.1, 0.15) is 18.4 Å². The van der Waals surface area contributed by atoms with Gasteiger partial charge >= 0.3 is 0 Å². The van der Waals surface area contributed by atoms with E-state index in [2.05, 4.69) is 93.8 Å². The Morgan fingerprint density at radius 2 is 1.81 bits per heavy atom. The van der Waals surface area contributed by atoms with E-state index in [1.54, 1.807) is 0 Å². The molecule has 0 atom stereocenters. The third-order valence-corrected chi connectivity index (χ3v) is 7.83. The molecule has 3 heterocycles. The smallest absolute Gasteiger partial charge is 0.0563 e. The number of anilines is 1. The number of nitrogens with zero attached hydrogens (tertiary/aromatic N) is 3. The first-order valence-electron chi connectivity index (χ1n) is 11.2. The van der Waals surface area contributed by atoms with Gasteiger partial charge in [-0.05, 0) is 53.9 Å². The van der Waals surface area contributed by atoms with Gasteiger partial charge in [-0.3, -0.25) is 4.90 Å². The number of fused-ring (bicyclic) bond motifs is 1. The maximum atomic E-state index is 2.60.